The van der Waals surface area contributed by atoms with Crippen LogP contribution in [0.2, 0.25) is 0 Å². The SMILES string of the molecule is Cc1nccc(-c2noc(CCCc3csc(N)n3)n2)n1. The Bertz CT molecular complexity index is 738. The van der Waals surface area contributed by atoms with Gasteiger partial charge in [-0.15, -0.1) is 11.3 Å². The normalized spacial score (nSPS) is 10.9. The van der Waals surface area contributed by atoms with Crippen LogP contribution in [0, 0.1) is 6.92 Å². The Balaban J connectivity index is 1.60. The molecule has 7 nitrogen and oxygen atoms in total. The summed E-state index contributed by atoms with van der Waals surface area (Å²) in [7, 11) is 0. The quantitative estimate of drug-likeness (QED) is 0.769. The number of aryl methyl sites for hydroxylation is 3. The molecular weight excluding hydrogens is 288 g/mol. The van der Waals surface area contributed by atoms with E-state index in [2.05, 4.69) is 25.1 Å². The number of hydrogen-bond donors (Lipinski definition) is 1. The van der Waals surface area contributed by atoms with Crippen LogP contribution in [0.1, 0.15) is 23.8 Å². The Morgan fingerprint density at radius 3 is 2.90 bits per heavy atom. The molecule has 0 fully saturated rings. The number of nitrogens with two attached hydrogens (primary N) is 1. The van der Waals surface area contributed by atoms with Crippen molar-refractivity contribution in [2.75, 3.05) is 5.73 Å². The second kappa shape index (κ2) is 5.96. The lowest BCUT2D eigenvalue weighted by molar-refractivity contribution is 0.376. The summed E-state index contributed by atoms with van der Waals surface area (Å²) in [5, 5.41) is 6.52. The van der Waals surface area contributed by atoms with Gasteiger partial charge >= 0.3 is 0 Å². The molecule has 0 aromatic carbocycles. The van der Waals surface area contributed by atoms with Gasteiger partial charge in [-0.3, -0.25) is 0 Å². The second-order valence-corrected chi connectivity index (χ2v) is 5.42. The van der Waals surface area contributed by atoms with Crippen molar-refractivity contribution >= 4 is 16.5 Å². The molecule has 0 aliphatic heterocycles. The fourth-order valence-electron chi connectivity index (χ4n) is 1.90. The predicted octanol–water partition coefficient (Wildman–Crippen LogP) is 2.05. The number of hydrogen-bond acceptors (Lipinski definition) is 8. The number of rotatable bonds is 5. The van der Waals surface area contributed by atoms with E-state index >= 15 is 0 Å². The first-order valence-corrected chi connectivity index (χ1v) is 7.41. The third kappa shape index (κ3) is 3.40. The summed E-state index contributed by atoms with van der Waals surface area (Å²) in [5.74, 6) is 1.78. The van der Waals surface area contributed by atoms with Crippen molar-refractivity contribution in [3.05, 3.63) is 35.1 Å². The summed E-state index contributed by atoms with van der Waals surface area (Å²) in [6, 6.07) is 1.76. The average molecular weight is 302 g/mol. The van der Waals surface area contributed by atoms with Crippen molar-refractivity contribution in [3.8, 4) is 11.5 Å². The van der Waals surface area contributed by atoms with Gasteiger partial charge in [0, 0.05) is 18.0 Å². The summed E-state index contributed by atoms with van der Waals surface area (Å²) in [5.41, 5.74) is 7.27. The number of anilines is 1. The summed E-state index contributed by atoms with van der Waals surface area (Å²) in [4.78, 5) is 16.9. The zero-order valence-electron chi connectivity index (χ0n) is 11.5. The standard InChI is InChI=1S/C13H14N6OS/c1-8-15-6-5-10(16-8)12-18-11(20-19-12)4-2-3-9-7-21-13(14)17-9/h5-7H,2-4H2,1H3,(H2,14,17). The second-order valence-electron chi connectivity index (χ2n) is 4.53. The van der Waals surface area contributed by atoms with Gasteiger partial charge in [-0.1, -0.05) is 5.16 Å². The third-order valence-corrected chi connectivity index (χ3v) is 3.59. The maximum atomic E-state index is 5.60. The van der Waals surface area contributed by atoms with Gasteiger partial charge in [0.1, 0.15) is 11.5 Å². The van der Waals surface area contributed by atoms with Gasteiger partial charge in [0.05, 0.1) is 5.69 Å². The molecule has 0 saturated carbocycles. The smallest absolute Gasteiger partial charge is 0.227 e. The molecule has 3 rings (SSSR count). The summed E-state index contributed by atoms with van der Waals surface area (Å²) >= 11 is 1.45. The van der Waals surface area contributed by atoms with Crippen molar-refractivity contribution in [2.24, 2.45) is 0 Å². The summed E-state index contributed by atoms with van der Waals surface area (Å²) in [6.07, 6.45) is 4.11. The van der Waals surface area contributed by atoms with Gasteiger partial charge in [0.2, 0.25) is 11.7 Å². The molecule has 0 atom stereocenters. The van der Waals surface area contributed by atoms with Crippen molar-refractivity contribution < 1.29 is 4.52 Å². The predicted molar refractivity (Wildman–Crippen MR) is 78.6 cm³/mol. The van der Waals surface area contributed by atoms with Gasteiger partial charge in [-0.05, 0) is 25.8 Å². The first kappa shape index (κ1) is 13.6. The molecule has 8 heteroatoms. The van der Waals surface area contributed by atoms with E-state index in [4.69, 9.17) is 10.3 Å². The average Bonchev–Trinajstić information content (AvgIpc) is 3.08. The molecule has 21 heavy (non-hydrogen) atoms. The molecule has 108 valence electrons. The van der Waals surface area contributed by atoms with Crippen LogP contribution >= 0.6 is 11.3 Å². The number of thiazole rings is 1. The van der Waals surface area contributed by atoms with Crippen LogP contribution in [0.25, 0.3) is 11.5 Å². The van der Waals surface area contributed by atoms with Crippen LogP contribution in [0.15, 0.2) is 22.2 Å². The molecule has 0 saturated heterocycles. The monoisotopic (exact) mass is 302 g/mol. The molecule has 0 spiro atoms. The molecule has 0 amide bonds. The number of nitrogen functional groups attached to an aromatic ring is 1. The van der Waals surface area contributed by atoms with Gasteiger partial charge < -0.3 is 10.3 Å². The van der Waals surface area contributed by atoms with Gasteiger partial charge in [0.15, 0.2) is 5.13 Å². The molecule has 0 radical (unpaired) electrons. The van der Waals surface area contributed by atoms with Crippen LogP contribution in [-0.4, -0.2) is 25.1 Å². The highest BCUT2D eigenvalue weighted by atomic mass is 32.1. The lowest BCUT2D eigenvalue weighted by atomic mass is 10.2. The summed E-state index contributed by atoms with van der Waals surface area (Å²) < 4.78 is 5.24. The van der Waals surface area contributed by atoms with E-state index in [1.807, 2.05) is 12.3 Å². The summed E-state index contributed by atoms with van der Waals surface area (Å²) in [6.45, 7) is 1.82. The lowest BCUT2D eigenvalue weighted by Crippen LogP contribution is -1.93. The Morgan fingerprint density at radius 1 is 1.24 bits per heavy atom. The first-order chi connectivity index (χ1) is 10.2. The highest BCUT2D eigenvalue weighted by molar-refractivity contribution is 7.13. The number of nitrogens with zero attached hydrogens (tertiary/aromatic N) is 5. The van der Waals surface area contributed by atoms with Crippen LogP contribution in [0.5, 0.6) is 0 Å². The molecule has 0 bridgehead atoms. The van der Waals surface area contributed by atoms with Crippen molar-refractivity contribution in [1.82, 2.24) is 25.1 Å². The molecular formula is C13H14N6OS. The van der Waals surface area contributed by atoms with Crippen LogP contribution in [-0.2, 0) is 12.8 Å². The van der Waals surface area contributed by atoms with Crippen molar-refractivity contribution in [2.45, 2.75) is 26.2 Å². The van der Waals surface area contributed by atoms with Crippen LogP contribution < -0.4 is 5.73 Å². The number of aromatic nitrogens is 5. The van der Waals surface area contributed by atoms with Crippen LogP contribution in [0.3, 0.4) is 0 Å². The van der Waals surface area contributed by atoms with E-state index in [-0.39, 0.29) is 0 Å². The van der Waals surface area contributed by atoms with Gasteiger partial charge in [-0.2, -0.15) is 4.98 Å². The molecule has 3 heterocycles. The Hall–Kier alpha value is -2.35. The van der Waals surface area contributed by atoms with E-state index in [1.54, 1.807) is 12.3 Å². The molecule has 0 aliphatic rings. The van der Waals surface area contributed by atoms with E-state index in [0.717, 1.165) is 18.5 Å². The third-order valence-electron chi connectivity index (χ3n) is 2.87. The molecule has 2 N–H and O–H groups in total. The first-order valence-electron chi connectivity index (χ1n) is 6.53. The van der Waals surface area contributed by atoms with Gasteiger partial charge in [0.25, 0.3) is 0 Å². The maximum absolute atomic E-state index is 5.60. The van der Waals surface area contributed by atoms with E-state index in [9.17, 15) is 0 Å². The van der Waals surface area contributed by atoms with Gasteiger partial charge in [-0.25, -0.2) is 15.0 Å². The largest absolute Gasteiger partial charge is 0.375 e. The zero-order chi connectivity index (χ0) is 14.7. The zero-order valence-corrected chi connectivity index (χ0v) is 12.3. The van der Waals surface area contributed by atoms with Crippen molar-refractivity contribution in [1.29, 1.82) is 0 Å². The van der Waals surface area contributed by atoms with Crippen molar-refractivity contribution in [3.63, 3.8) is 0 Å². The van der Waals surface area contributed by atoms with E-state index in [1.165, 1.54) is 11.3 Å². The Kier molecular flexibility index (Phi) is 3.87. The van der Waals surface area contributed by atoms with E-state index < -0.39 is 0 Å². The minimum absolute atomic E-state index is 0.494. The Morgan fingerprint density at radius 2 is 2.14 bits per heavy atom. The lowest BCUT2D eigenvalue weighted by Gasteiger charge is -1.94. The van der Waals surface area contributed by atoms with E-state index in [0.29, 0.717) is 34.8 Å². The highest BCUT2D eigenvalue weighted by Gasteiger charge is 2.10. The highest BCUT2D eigenvalue weighted by Crippen LogP contribution is 2.15. The molecule has 3 aromatic heterocycles. The minimum atomic E-state index is 0.494. The Labute approximate surface area is 125 Å². The fraction of sp³-hybridized carbons (Fsp3) is 0.308. The topological polar surface area (TPSA) is 104 Å². The molecule has 0 unspecified atom stereocenters. The minimum Gasteiger partial charge on any atom is -0.375 e. The molecule has 0 aliphatic carbocycles. The fourth-order valence-corrected chi connectivity index (χ4v) is 2.50. The maximum Gasteiger partial charge on any atom is 0.227 e. The molecule has 3 aromatic rings. The van der Waals surface area contributed by atoms with Crippen LogP contribution in [0.4, 0.5) is 5.13 Å².